The van der Waals surface area contributed by atoms with Crippen LogP contribution in [-0.4, -0.2) is 24.4 Å². The van der Waals surface area contributed by atoms with E-state index < -0.39 is 0 Å². The fourth-order valence-corrected chi connectivity index (χ4v) is 3.71. The van der Waals surface area contributed by atoms with Gasteiger partial charge in [0, 0.05) is 10.9 Å². The predicted octanol–water partition coefficient (Wildman–Crippen LogP) is 4.89. The van der Waals surface area contributed by atoms with Gasteiger partial charge in [-0.2, -0.15) is 4.98 Å². The van der Waals surface area contributed by atoms with E-state index >= 15 is 0 Å². The van der Waals surface area contributed by atoms with Crippen LogP contribution in [0, 0.1) is 6.92 Å². The number of aromatic nitrogens is 2. The van der Waals surface area contributed by atoms with E-state index in [9.17, 15) is 0 Å². The molecule has 0 amide bonds. The summed E-state index contributed by atoms with van der Waals surface area (Å²) in [6.45, 7) is 1.99. The minimum atomic E-state index is -0.208. The summed E-state index contributed by atoms with van der Waals surface area (Å²) in [7, 11) is 3.31. The van der Waals surface area contributed by atoms with Gasteiger partial charge < -0.3 is 18.4 Å². The van der Waals surface area contributed by atoms with E-state index in [1.807, 2.05) is 37.3 Å². The number of nitrogens with zero attached hydrogens (tertiary/aromatic N) is 2. The molecule has 0 atom stereocenters. The number of ether oxygens (including phenoxy) is 2. The molecule has 0 bridgehead atoms. The van der Waals surface area contributed by atoms with Crippen molar-refractivity contribution >= 4 is 11.0 Å². The molecule has 0 N–H and O–H groups in total. The lowest BCUT2D eigenvalue weighted by atomic mass is 9.96. The van der Waals surface area contributed by atoms with Crippen molar-refractivity contribution in [2.75, 3.05) is 14.2 Å². The maximum atomic E-state index is 6.01. The number of furan rings is 1. The number of hydrogen-bond donors (Lipinski definition) is 0. The lowest BCUT2D eigenvalue weighted by Crippen LogP contribution is -2.09. The number of fused-ring (bicyclic) bond motifs is 1. The Morgan fingerprint density at radius 3 is 2.36 bits per heavy atom. The fourth-order valence-electron chi connectivity index (χ4n) is 3.71. The van der Waals surface area contributed by atoms with Gasteiger partial charge in [-0.15, -0.1) is 0 Å². The van der Waals surface area contributed by atoms with Gasteiger partial charge >= 0.3 is 0 Å². The fraction of sp³-hybridized carbons (Fsp3) is 0.273. The average molecular weight is 376 g/mol. The summed E-state index contributed by atoms with van der Waals surface area (Å²) in [5.74, 6) is 3.35. The van der Waals surface area contributed by atoms with E-state index in [1.165, 1.54) is 0 Å². The molecule has 142 valence electrons. The molecule has 2 aromatic carbocycles. The Morgan fingerprint density at radius 1 is 0.964 bits per heavy atom. The summed E-state index contributed by atoms with van der Waals surface area (Å²) < 4.78 is 22.3. The summed E-state index contributed by atoms with van der Waals surface area (Å²) in [6.07, 6.45) is 1.97. The molecule has 0 unspecified atom stereocenters. The van der Waals surface area contributed by atoms with Crippen molar-refractivity contribution in [3.63, 3.8) is 0 Å². The standard InChI is InChI=1S/C22H20N2O4/c1-13-17-12-16(26-3)8-9-18(17)27-19(13)20-23-21(28-24-20)22(10-11-22)14-4-6-15(25-2)7-5-14/h4-9,12H,10-11H2,1-3H3. The molecule has 1 fully saturated rings. The van der Waals surface area contributed by atoms with E-state index in [4.69, 9.17) is 23.4 Å². The summed E-state index contributed by atoms with van der Waals surface area (Å²) in [6, 6.07) is 13.8. The van der Waals surface area contributed by atoms with E-state index in [2.05, 4.69) is 17.3 Å². The monoisotopic (exact) mass is 376 g/mol. The number of benzene rings is 2. The van der Waals surface area contributed by atoms with Gasteiger partial charge in [-0.25, -0.2) is 0 Å². The van der Waals surface area contributed by atoms with E-state index in [0.717, 1.165) is 46.4 Å². The van der Waals surface area contributed by atoms with E-state index in [1.54, 1.807) is 14.2 Å². The first-order chi connectivity index (χ1) is 13.6. The van der Waals surface area contributed by atoms with E-state index in [0.29, 0.717) is 17.5 Å². The zero-order valence-electron chi connectivity index (χ0n) is 16.0. The largest absolute Gasteiger partial charge is 0.497 e. The molecule has 1 aliphatic rings. The molecule has 1 saturated carbocycles. The Labute approximate surface area is 162 Å². The van der Waals surface area contributed by atoms with Gasteiger partial charge in [0.05, 0.1) is 19.6 Å². The van der Waals surface area contributed by atoms with Crippen LogP contribution in [0.5, 0.6) is 11.5 Å². The lowest BCUT2D eigenvalue weighted by Gasteiger charge is -2.11. The van der Waals surface area contributed by atoms with Crippen molar-refractivity contribution in [2.45, 2.75) is 25.2 Å². The molecule has 6 nitrogen and oxygen atoms in total. The van der Waals surface area contributed by atoms with Crippen LogP contribution in [-0.2, 0) is 5.41 Å². The van der Waals surface area contributed by atoms with Crippen LogP contribution < -0.4 is 9.47 Å². The molecule has 0 spiro atoms. The zero-order valence-corrected chi connectivity index (χ0v) is 16.0. The Bertz CT molecular complexity index is 1150. The Kier molecular flexibility index (Phi) is 3.69. The highest BCUT2D eigenvalue weighted by Gasteiger charge is 2.51. The first kappa shape index (κ1) is 16.9. The maximum absolute atomic E-state index is 6.01. The first-order valence-electron chi connectivity index (χ1n) is 9.21. The van der Waals surface area contributed by atoms with Crippen molar-refractivity contribution in [3.8, 4) is 23.1 Å². The SMILES string of the molecule is COc1ccc(C2(c3nc(-c4oc5ccc(OC)cc5c4C)no3)CC2)cc1. The highest BCUT2D eigenvalue weighted by Crippen LogP contribution is 2.53. The molecule has 28 heavy (non-hydrogen) atoms. The molecular formula is C22H20N2O4. The molecule has 2 heterocycles. The van der Waals surface area contributed by atoms with E-state index in [-0.39, 0.29) is 5.41 Å². The first-order valence-corrected chi connectivity index (χ1v) is 9.21. The highest BCUT2D eigenvalue weighted by atomic mass is 16.5. The number of methoxy groups -OCH3 is 2. The normalized spacial score (nSPS) is 15.0. The summed E-state index contributed by atoms with van der Waals surface area (Å²) >= 11 is 0. The van der Waals surface area contributed by atoms with Crippen LogP contribution in [0.1, 0.15) is 29.9 Å². The van der Waals surface area contributed by atoms with Gasteiger partial charge in [-0.3, -0.25) is 0 Å². The molecule has 4 aromatic rings. The number of hydrogen-bond acceptors (Lipinski definition) is 6. The molecule has 6 heteroatoms. The molecule has 1 aliphatic carbocycles. The second kappa shape index (κ2) is 6.12. The van der Waals surface area contributed by atoms with Gasteiger partial charge in [-0.1, -0.05) is 17.3 Å². The van der Waals surface area contributed by atoms with Gasteiger partial charge in [0.25, 0.3) is 0 Å². The van der Waals surface area contributed by atoms with Crippen LogP contribution in [0.15, 0.2) is 51.4 Å². The molecule has 0 aliphatic heterocycles. The average Bonchev–Trinajstić information content (AvgIpc) is 3.28. The third kappa shape index (κ3) is 2.48. The Balaban J connectivity index is 1.53. The van der Waals surface area contributed by atoms with Gasteiger partial charge in [0.2, 0.25) is 11.7 Å². The van der Waals surface area contributed by atoms with Crippen molar-refractivity contribution in [1.29, 1.82) is 0 Å². The maximum Gasteiger partial charge on any atom is 0.238 e. The van der Waals surface area contributed by atoms with Gasteiger partial charge in [-0.05, 0) is 55.7 Å². The quantitative estimate of drug-likeness (QED) is 0.494. The molecule has 0 radical (unpaired) electrons. The topological polar surface area (TPSA) is 70.5 Å². The van der Waals surface area contributed by atoms with Crippen molar-refractivity contribution in [2.24, 2.45) is 0 Å². The zero-order chi connectivity index (χ0) is 19.3. The minimum Gasteiger partial charge on any atom is -0.497 e. The summed E-state index contributed by atoms with van der Waals surface area (Å²) in [4.78, 5) is 4.70. The Hall–Kier alpha value is -3.28. The predicted molar refractivity (Wildman–Crippen MR) is 104 cm³/mol. The summed E-state index contributed by atoms with van der Waals surface area (Å²) in [5.41, 5.74) is 2.70. The number of aryl methyl sites for hydroxylation is 1. The molecule has 5 rings (SSSR count). The van der Waals surface area contributed by atoms with Crippen LogP contribution >= 0.6 is 0 Å². The van der Waals surface area contributed by atoms with Crippen LogP contribution in [0.2, 0.25) is 0 Å². The Morgan fingerprint density at radius 2 is 1.68 bits per heavy atom. The third-order valence-electron chi connectivity index (χ3n) is 5.57. The molecule has 0 saturated heterocycles. The molecule has 2 aromatic heterocycles. The second-order valence-corrected chi connectivity index (χ2v) is 7.15. The summed E-state index contributed by atoms with van der Waals surface area (Å²) in [5, 5.41) is 5.20. The van der Waals surface area contributed by atoms with Gasteiger partial charge in [0.15, 0.2) is 5.76 Å². The van der Waals surface area contributed by atoms with Gasteiger partial charge in [0.1, 0.15) is 17.1 Å². The van der Waals surface area contributed by atoms with Crippen molar-refractivity contribution < 1.29 is 18.4 Å². The smallest absolute Gasteiger partial charge is 0.238 e. The van der Waals surface area contributed by atoms with Crippen LogP contribution in [0.4, 0.5) is 0 Å². The van der Waals surface area contributed by atoms with Crippen LogP contribution in [0.25, 0.3) is 22.6 Å². The minimum absolute atomic E-state index is 0.208. The van der Waals surface area contributed by atoms with Crippen LogP contribution in [0.3, 0.4) is 0 Å². The highest BCUT2D eigenvalue weighted by molar-refractivity contribution is 5.87. The lowest BCUT2D eigenvalue weighted by molar-refractivity contribution is 0.359. The third-order valence-corrected chi connectivity index (χ3v) is 5.57. The number of rotatable bonds is 5. The van der Waals surface area contributed by atoms with Crippen molar-refractivity contribution in [1.82, 2.24) is 10.1 Å². The van der Waals surface area contributed by atoms with Crippen molar-refractivity contribution in [3.05, 3.63) is 59.5 Å². The molecular weight excluding hydrogens is 356 g/mol. The second-order valence-electron chi connectivity index (χ2n) is 7.15.